The third-order valence-corrected chi connectivity index (χ3v) is 3.88. The summed E-state index contributed by atoms with van der Waals surface area (Å²) >= 11 is 0. The Morgan fingerprint density at radius 2 is 2.41 bits per heavy atom. The predicted molar refractivity (Wildman–Crippen MR) is 82.8 cm³/mol. The number of nitrogens with one attached hydrogen (secondary N) is 1. The first kappa shape index (κ1) is 15.0. The molecule has 0 spiro atoms. The Labute approximate surface area is 130 Å². The molecule has 2 aromatic rings. The van der Waals surface area contributed by atoms with E-state index in [1.165, 1.54) is 0 Å². The molecular formula is C16H22N4O2. The van der Waals surface area contributed by atoms with Gasteiger partial charge in [-0.25, -0.2) is 9.67 Å². The third-order valence-electron chi connectivity index (χ3n) is 3.88. The molecule has 1 aliphatic rings. The highest BCUT2D eigenvalue weighted by Gasteiger charge is 2.20. The zero-order chi connectivity index (χ0) is 15.4. The van der Waals surface area contributed by atoms with Crippen LogP contribution in [0.3, 0.4) is 0 Å². The van der Waals surface area contributed by atoms with Crippen molar-refractivity contribution in [3.63, 3.8) is 0 Å². The van der Waals surface area contributed by atoms with Gasteiger partial charge in [-0.1, -0.05) is 12.1 Å². The van der Waals surface area contributed by atoms with Crippen LogP contribution in [0.15, 0.2) is 30.6 Å². The van der Waals surface area contributed by atoms with E-state index in [-0.39, 0.29) is 6.61 Å². The zero-order valence-corrected chi connectivity index (χ0v) is 12.8. The average Bonchev–Trinajstić information content (AvgIpc) is 2.98. The number of aliphatic hydroxyl groups is 1. The van der Waals surface area contributed by atoms with Crippen molar-refractivity contribution < 1.29 is 9.84 Å². The Morgan fingerprint density at radius 3 is 3.27 bits per heavy atom. The van der Waals surface area contributed by atoms with Crippen LogP contribution in [-0.4, -0.2) is 45.2 Å². The van der Waals surface area contributed by atoms with Gasteiger partial charge in [0.25, 0.3) is 0 Å². The largest absolute Gasteiger partial charge is 0.491 e. The topological polar surface area (TPSA) is 72.2 Å². The van der Waals surface area contributed by atoms with Gasteiger partial charge in [-0.15, -0.1) is 0 Å². The van der Waals surface area contributed by atoms with Crippen LogP contribution < -0.4 is 10.1 Å². The molecule has 1 aromatic carbocycles. The number of benzene rings is 1. The standard InChI is InChI=1S/C16H22N4O2/c1-12-3-2-4-15(7-12)22-10-14(21)8-17-13-5-6-16-18-11-19-20(16)9-13/h2-4,7,11,13-14,17,21H,5-6,8-10H2,1H3/t13-,14+/m1/s1. The molecule has 6 heteroatoms. The summed E-state index contributed by atoms with van der Waals surface area (Å²) in [5.74, 6) is 1.84. The fourth-order valence-electron chi connectivity index (χ4n) is 2.66. The van der Waals surface area contributed by atoms with E-state index in [9.17, 15) is 5.11 Å². The van der Waals surface area contributed by atoms with Crippen molar-refractivity contribution in [1.82, 2.24) is 20.1 Å². The molecule has 0 amide bonds. The van der Waals surface area contributed by atoms with E-state index in [4.69, 9.17) is 4.74 Å². The minimum atomic E-state index is -0.530. The first-order valence-corrected chi connectivity index (χ1v) is 7.68. The van der Waals surface area contributed by atoms with E-state index in [0.29, 0.717) is 12.6 Å². The highest BCUT2D eigenvalue weighted by Crippen LogP contribution is 2.13. The lowest BCUT2D eigenvalue weighted by atomic mass is 10.1. The number of rotatable bonds is 6. The molecule has 118 valence electrons. The van der Waals surface area contributed by atoms with Crippen LogP contribution in [0.2, 0.25) is 0 Å². The second kappa shape index (κ2) is 6.89. The molecule has 1 aliphatic heterocycles. The van der Waals surface area contributed by atoms with Gasteiger partial charge in [0.1, 0.15) is 30.6 Å². The Morgan fingerprint density at radius 1 is 1.50 bits per heavy atom. The lowest BCUT2D eigenvalue weighted by Crippen LogP contribution is -2.42. The van der Waals surface area contributed by atoms with Gasteiger partial charge in [0.2, 0.25) is 0 Å². The molecule has 0 bridgehead atoms. The highest BCUT2D eigenvalue weighted by molar-refractivity contribution is 5.27. The van der Waals surface area contributed by atoms with E-state index in [0.717, 1.165) is 36.5 Å². The summed E-state index contributed by atoms with van der Waals surface area (Å²) in [7, 11) is 0. The minimum absolute atomic E-state index is 0.289. The molecule has 0 fully saturated rings. The summed E-state index contributed by atoms with van der Waals surface area (Å²) < 4.78 is 7.54. The maximum Gasteiger partial charge on any atom is 0.138 e. The van der Waals surface area contributed by atoms with Crippen LogP contribution in [0.25, 0.3) is 0 Å². The second-order valence-electron chi connectivity index (χ2n) is 5.78. The van der Waals surface area contributed by atoms with Crippen molar-refractivity contribution in [2.24, 2.45) is 0 Å². The van der Waals surface area contributed by atoms with Gasteiger partial charge in [0.15, 0.2) is 0 Å². The number of aryl methyl sites for hydroxylation is 2. The van der Waals surface area contributed by atoms with Gasteiger partial charge in [-0.3, -0.25) is 0 Å². The fraction of sp³-hybridized carbons (Fsp3) is 0.500. The second-order valence-corrected chi connectivity index (χ2v) is 5.78. The number of fused-ring (bicyclic) bond motifs is 1. The van der Waals surface area contributed by atoms with E-state index in [1.54, 1.807) is 6.33 Å². The normalized spacial score (nSPS) is 18.7. The van der Waals surface area contributed by atoms with Gasteiger partial charge in [-0.2, -0.15) is 5.10 Å². The van der Waals surface area contributed by atoms with E-state index < -0.39 is 6.10 Å². The lowest BCUT2D eigenvalue weighted by molar-refractivity contribution is 0.101. The van der Waals surface area contributed by atoms with Crippen molar-refractivity contribution in [3.8, 4) is 5.75 Å². The maximum absolute atomic E-state index is 10.0. The lowest BCUT2D eigenvalue weighted by Gasteiger charge is -2.24. The van der Waals surface area contributed by atoms with Crippen molar-refractivity contribution in [1.29, 1.82) is 0 Å². The van der Waals surface area contributed by atoms with Crippen LogP contribution in [0, 0.1) is 6.92 Å². The van der Waals surface area contributed by atoms with Gasteiger partial charge < -0.3 is 15.2 Å². The van der Waals surface area contributed by atoms with Crippen LogP contribution in [-0.2, 0) is 13.0 Å². The molecule has 0 unspecified atom stereocenters. The smallest absolute Gasteiger partial charge is 0.138 e. The van der Waals surface area contributed by atoms with Gasteiger partial charge in [0, 0.05) is 19.0 Å². The number of nitrogens with zero attached hydrogens (tertiary/aromatic N) is 3. The molecule has 2 heterocycles. The van der Waals surface area contributed by atoms with E-state index >= 15 is 0 Å². The fourth-order valence-corrected chi connectivity index (χ4v) is 2.66. The van der Waals surface area contributed by atoms with Crippen LogP contribution in [0.1, 0.15) is 17.8 Å². The molecule has 22 heavy (non-hydrogen) atoms. The molecule has 0 saturated heterocycles. The van der Waals surface area contributed by atoms with E-state index in [1.807, 2.05) is 35.9 Å². The maximum atomic E-state index is 10.0. The van der Waals surface area contributed by atoms with Crippen molar-refractivity contribution in [2.45, 2.75) is 38.5 Å². The third kappa shape index (κ3) is 3.84. The summed E-state index contributed by atoms with van der Waals surface area (Å²) in [5.41, 5.74) is 1.15. The number of hydrogen-bond acceptors (Lipinski definition) is 5. The summed E-state index contributed by atoms with van der Waals surface area (Å²) in [6.45, 7) is 3.63. The Bertz CT molecular complexity index is 614. The Balaban J connectivity index is 1.40. The number of aliphatic hydroxyl groups excluding tert-OH is 1. The average molecular weight is 302 g/mol. The molecule has 0 saturated carbocycles. The first-order chi connectivity index (χ1) is 10.7. The summed E-state index contributed by atoms with van der Waals surface area (Å²) in [4.78, 5) is 4.21. The Kier molecular flexibility index (Phi) is 4.70. The van der Waals surface area contributed by atoms with Crippen molar-refractivity contribution in [2.75, 3.05) is 13.2 Å². The molecule has 2 atom stereocenters. The quantitative estimate of drug-likeness (QED) is 0.830. The minimum Gasteiger partial charge on any atom is -0.491 e. The SMILES string of the molecule is Cc1cccc(OC[C@@H](O)CN[C@@H]2CCc3ncnn3C2)c1. The number of aromatic nitrogens is 3. The van der Waals surface area contributed by atoms with Crippen LogP contribution in [0.4, 0.5) is 0 Å². The summed E-state index contributed by atoms with van der Waals surface area (Å²) in [6, 6.07) is 8.16. The molecule has 3 rings (SSSR count). The van der Waals surface area contributed by atoms with Crippen molar-refractivity contribution >= 4 is 0 Å². The molecule has 1 aromatic heterocycles. The monoisotopic (exact) mass is 302 g/mol. The molecular weight excluding hydrogens is 280 g/mol. The molecule has 6 nitrogen and oxygen atoms in total. The van der Waals surface area contributed by atoms with Crippen molar-refractivity contribution in [3.05, 3.63) is 42.0 Å². The van der Waals surface area contributed by atoms with Gasteiger partial charge >= 0.3 is 0 Å². The first-order valence-electron chi connectivity index (χ1n) is 7.68. The highest BCUT2D eigenvalue weighted by atomic mass is 16.5. The predicted octanol–water partition coefficient (Wildman–Crippen LogP) is 0.931. The molecule has 0 radical (unpaired) electrons. The number of hydrogen-bond donors (Lipinski definition) is 2. The van der Waals surface area contributed by atoms with E-state index in [2.05, 4.69) is 15.4 Å². The van der Waals surface area contributed by atoms with Gasteiger partial charge in [-0.05, 0) is 31.0 Å². The molecule has 2 N–H and O–H groups in total. The zero-order valence-electron chi connectivity index (χ0n) is 12.8. The molecule has 0 aliphatic carbocycles. The number of ether oxygens (including phenoxy) is 1. The summed E-state index contributed by atoms with van der Waals surface area (Å²) in [5, 5.41) is 17.6. The van der Waals surface area contributed by atoms with Gasteiger partial charge in [0.05, 0.1) is 6.54 Å². The summed E-state index contributed by atoms with van der Waals surface area (Å²) in [6.07, 6.45) is 3.01. The van der Waals surface area contributed by atoms with Crippen LogP contribution in [0.5, 0.6) is 5.75 Å². The Hall–Kier alpha value is -1.92. The van der Waals surface area contributed by atoms with Crippen LogP contribution >= 0.6 is 0 Å².